The van der Waals surface area contributed by atoms with Crippen LogP contribution in [0, 0.1) is 0 Å². The number of amides is 1. The molecule has 1 rings (SSSR count). The van der Waals surface area contributed by atoms with Crippen molar-refractivity contribution in [3.05, 3.63) is 96.5 Å². The fourth-order valence-corrected chi connectivity index (χ4v) is 2.74. The number of nitrogens with zero attached hydrogens (tertiary/aromatic N) is 4. The van der Waals surface area contributed by atoms with Crippen molar-refractivity contribution in [3.8, 4) is 0 Å². The normalized spacial score (nSPS) is 12.5. The summed E-state index contributed by atoms with van der Waals surface area (Å²) in [6.45, 7) is 17.6. The average molecular weight is 446 g/mol. The summed E-state index contributed by atoms with van der Waals surface area (Å²) in [6.07, 6.45) is 14.4. The number of likely N-dealkylation sites (N-methyl/N-ethyl adjacent to an activating group) is 1. The maximum absolute atomic E-state index is 12.6. The topological polar surface area (TPSA) is 69.4 Å². The Morgan fingerprint density at radius 1 is 1.12 bits per heavy atom. The molecule has 0 aliphatic carbocycles. The molecule has 1 aromatic carbocycles. The van der Waals surface area contributed by atoms with Gasteiger partial charge in [-0.3, -0.25) is 19.8 Å². The fourth-order valence-electron chi connectivity index (χ4n) is 2.74. The van der Waals surface area contributed by atoms with Crippen LogP contribution < -0.4 is 5.32 Å². The molecule has 0 bridgehead atoms. The molecule has 0 aliphatic heterocycles. The second kappa shape index (κ2) is 17.0. The Bertz CT molecular complexity index is 920. The molecule has 1 N–H and O–H groups in total. The third kappa shape index (κ3) is 11.0. The lowest BCUT2D eigenvalue weighted by Gasteiger charge is -2.19. The lowest BCUT2D eigenvalue weighted by Crippen LogP contribution is -2.35. The Hall–Kier alpha value is -3.64. The maximum Gasteiger partial charge on any atom is 0.246 e. The molecule has 6 nitrogen and oxygen atoms in total. The zero-order chi connectivity index (χ0) is 24.3. The van der Waals surface area contributed by atoms with E-state index in [4.69, 9.17) is 0 Å². The van der Waals surface area contributed by atoms with E-state index in [-0.39, 0.29) is 5.91 Å². The van der Waals surface area contributed by atoms with Gasteiger partial charge in [-0.25, -0.2) is 0 Å². The van der Waals surface area contributed by atoms with Crippen molar-refractivity contribution in [2.45, 2.75) is 20.3 Å². The molecular weight excluding hydrogens is 410 g/mol. The lowest BCUT2D eigenvalue weighted by molar-refractivity contribution is -0.125. The van der Waals surface area contributed by atoms with Gasteiger partial charge >= 0.3 is 0 Å². The molecule has 0 atom stereocenters. The number of carbonyl (C=O) groups is 1. The van der Waals surface area contributed by atoms with E-state index in [0.717, 1.165) is 12.0 Å². The maximum atomic E-state index is 12.6. The molecule has 0 heterocycles. The second-order valence-electron chi connectivity index (χ2n) is 6.85. The van der Waals surface area contributed by atoms with Crippen molar-refractivity contribution in [2.75, 3.05) is 26.2 Å². The summed E-state index contributed by atoms with van der Waals surface area (Å²) in [6, 6.07) is 8.18. The Kier molecular flexibility index (Phi) is 14.1. The highest BCUT2D eigenvalue weighted by Crippen LogP contribution is 2.12. The highest BCUT2D eigenvalue weighted by Gasteiger charge is 2.08. The van der Waals surface area contributed by atoms with Crippen LogP contribution in [-0.4, -0.2) is 56.1 Å². The Morgan fingerprint density at radius 3 is 2.48 bits per heavy atom. The standard InChI is InChI=1S/C27H35N5O/c1-6-23-12-14-24(15-13-23)22-31-25(7-2)26(28-5)16-17-27(33)32(9-4)21-20-30-19-11-10-18-29-8-3/h7-8,10-18,22,30H,2-3,5-6,9,19-21H2,1,4H3/b11-10-,17-16+,26-25-,29-18?,31-22?. The smallest absolute Gasteiger partial charge is 0.246 e. The minimum Gasteiger partial charge on any atom is -0.338 e. The van der Waals surface area contributed by atoms with Crippen molar-refractivity contribution in [1.82, 2.24) is 10.2 Å². The number of nitrogens with one attached hydrogen (secondary N) is 1. The first-order valence-corrected chi connectivity index (χ1v) is 11.0. The summed E-state index contributed by atoms with van der Waals surface area (Å²) in [5.41, 5.74) is 3.28. The number of aliphatic imine (C=N–C) groups is 3. The summed E-state index contributed by atoms with van der Waals surface area (Å²) >= 11 is 0. The molecule has 0 aliphatic rings. The van der Waals surface area contributed by atoms with E-state index < -0.39 is 0 Å². The van der Waals surface area contributed by atoms with Crippen LogP contribution in [0.3, 0.4) is 0 Å². The first-order valence-electron chi connectivity index (χ1n) is 11.0. The van der Waals surface area contributed by atoms with E-state index in [1.165, 1.54) is 17.8 Å². The van der Waals surface area contributed by atoms with Crippen LogP contribution in [0.1, 0.15) is 25.0 Å². The summed E-state index contributed by atoms with van der Waals surface area (Å²) in [4.78, 5) is 26.7. The van der Waals surface area contributed by atoms with Gasteiger partial charge in [-0.1, -0.05) is 50.4 Å². The van der Waals surface area contributed by atoms with Gasteiger partial charge in [0.05, 0.1) is 11.4 Å². The largest absolute Gasteiger partial charge is 0.338 e. The molecule has 0 aromatic heterocycles. The molecule has 0 saturated heterocycles. The molecule has 6 heteroatoms. The van der Waals surface area contributed by atoms with Gasteiger partial charge in [0, 0.05) is 50.9 Å². The Morgan fingerprint density at radius 2 is 1.88 bits per heavy atom. The van der Waals surface area contributed by atoms with Crippen molar-refractivity contribution < 1.29 is 4.79 Å². The number of benzene rings is 1. The molecule has 0 saturated carbocycles. The number of allylic oxidation sites excluding steroid dienone is 3. The molecule has 33 heavy (non-hydrogen) atoms. The summed E-state index contributed by atoms with van der Waals surface area (Å²) < 4.78 is 0. The number of aryl methyl sites for hydroxylation is 1. The van der Waals surface area contributed by atoms with E-state index >= 15 is 0 Å². The quantitative estimate of drug-likeness (QED) is 0.186. The summed E-state index contributed by atoms with van der Waals surface area (Å²) in [5.74, 6) is -0.100. The average Bonchev–Trinajstić information content (AvgIpc) is 2.85. The zero-order valence-electron chi connectivity index (χ0n) is 19.8. The minimum absolute atomic E-state index is 0.100. The second-order valence-corrected chi connectivity index (χ2v) is 6.85. The lowest BCUT2D eigenvalue weighted by atomic mass is 10.1. The van der Waals surface area contributed by atoms with Gasteiger partial charge in [-0.15, -0.1) is 0 Å². The summed E-state index contributed by atoms with van der Waals surface area (Å²) in [5, 5.41) is 3.26. The van der Waals surface area contributed by atoms with Gasteiger partial charge in [0.2, 0.25) is 5.91 Å². The van der Waals surface area contributed by atoms with Gasteiger partial charge in [-0.05, 0) is 49.4 Å². The first kappa shape index (κ1) is 27.4. The molecule has 0 radical (unpaired) electrons. The SMILES string of the molecule is C=CN=C/C=C\CNCCN(CC)C(=O)/C=C/C(N=C)=C(\C=C)N=Cc1ccc(CC)cc1. The molecule has 174 valence electrons. The van der Waals surface area contributed by atoms with Crippen LogP contribution in [0.15, 0.2) is 100 Å². The van der Waals surface area contributed by atoms with Crippen LogP contribution in [-0.2, 0) is 11.2 Å². The molecule has 1 amide bonds. The van der Waals surface area contributed by atoms with Crippen LogP contribution in [0.2, 0.25) is 0 Å². The number of hydrogen-bond acceptors (Lipinski definition) is 5. The third-order valence-corrected chi connectivity index (χ3v) is 4.68. The van der Waals surface area contributed by atoms with Crippen molar-refractivity contribution in [1.29, 1.82) is 0 Å². The van der Waals surface area contributed by atoms with Crippen LogP contribution >= 0.6 is 0 Å². The van der Waals surface area contributed by atoms with Gasteiger partial charge < -0.3 is 10.2 Å². The van der Waals surface area contributed by atoms with Gasteiger partial charge in [0.15, 0.2) is 0 Å². The monoisotopic (exact) mass is 445 g/mol. The predicted octanol–water partition coefficient (Wildman–Crippen LogP) is 4.53. The minimum atomic E-state index is -0.100. The van der Waals surface area contributed by atoms with Crippen LogP contribution in [0.5, 0.6) is 0 Å². The summed E-state index contributed by atoms with van der Waals surface area (Å²) in [7, 11) is 0. The molecule has 0 fully saturated rings. The Labute approximate surface area is 198 Å². The highest BCUT2D eigenvalue weighted by atomic mass is 16.2. The predicted molar refractivity (Wildman–Crippen MR) is 142 cm³/mol. The number of carbonyl (C=O) groups excluding carboxylic acids is 1. The number of rotatable bonds is 15. The van der Waals surface area contributed by atoms with Gasteiger partial charge in [-0.2, -0.15) is 0 Å². The van der Waals surface area contributed by atoms with E-state index in [0.29, 0.717) is 37.6 Å². The van der Waals surface area contributed by atoms with E-state index in [2.05, 4.69) is 59.2 Å². The number of hydrogen-bond donors (Lipinski definition) is 1. The highest BCUT2D eigenvalue weighted by molar-refractivity contribution is 5.88. The van der Waals surface area contributed by atoms with Gasteiger partial charge in [0.1, 0.15) is 0 Å². The fraction of sp³-hybridized carbons (Fsp3) is 0.259. The van der Waals surface area contributed by atoms with Crippen molar-refractivity contribution in [2.24, 2.45) is 15.0 Å². The van der Waals surface area contributed by atoms with E-state index in [1.54, 1.807) is 29.5 Å². The molecular formula is C27H35N5O. The van der Waals surface area contributed by atoms with Crippen LogP contribution in [0.4, 0.5) is 0 Å². The molecule has 0 spiro atoms. The third-order valence-electron chi connectivity index (χ3n) is 4.68. The molecule has 1 aromatic rings. The van der Waals surface area contributed by atoms with E-state index in [9.17, 15) is 4.79 Å². The molecule has 0 unspecified atom stereocenters. The van der Waals surface area contributed by atoms with Crippen molar-refractivity contribution >= 4 is 25.1 Å². The van der Waals surface area contributed by atoms with Crippen molar-refractivity contribution in [3.63, 3.8) is 0 Å². The van der Waals surface area contributed by atoms with Gasteiger partial charge in [0.25, 0.3) is 0 Å². The van der Waals surface area contributed by atoms with E-state index in [1.807, 2.05) is 31.2 Å². The van der Waals surface area contributed by atoms with Crippen LogP contribution in [0.25, 0.3) is 0 Å². The zero-order valence-corrected chi connectivity index (χ0v) is 19.8. The Balaban J connectivity index is 2.73. The first-order chi connectivity index (χ1) is 16.1.